The monoisotopic (exact) mass is 304 g/mol. The summed E-state index contributed by atoms with van der Waals surface area (Å²) in [5.74, 6) is 1.32. The molecule has 1 saturated carbocycles. The van der Waals surface area contributed by atoms with Crippen LogP contribution in [0.1, 0.15) is 46.0 Å². The standard InChI is InChI=1S/C14H28N2O3S/c1-3-13-4-5-14(11(13)2)15-20(18,19)16-8-6-12(10-17)7-9-16/h11-15,17H,3-10H2,1-2H3. The average Bonchev–Trinajstić information content (AvgIpc) is 2.79. The molecule has 0 amide bonds. The van der Waals surface area contributed by atoms with Crippen molar-refractivity contribution in [2.45, 2.75) is 52.0 Å². The summed E-state index contributed by atoms with van der Waals surface area (Å²) in [5, 5.41) is 9.12. The molecule has 0 aromatic carbocycles. The lowest BCUT2D eigenvalue weighted by molar-refractivity contribution is 0.169. The number of nitrogens with zero attached hydrogens (tertiary/aromatic N) is 1. The van der Waals surface area contributed by atoms with Crippen molar-refractivity contribution in [1.82, 2.24) is 9.03 Å². The maximum Gasteiger partial charge on any atom is 0.279 e. The quantitative estimate of drug-likeness (QED) is 0.805. The highest BCUT2D eigenvalue weighted by atomic mass is 32.2. The van der Waals surface area contributed by atoms with E-state index in [4.69, 9.17) is 5.11 Å². The van der Waals surface area contributed by atoms with Crippen molar-refractivity contribution in [2.75, 3.05) is 19.7 Å². The fourth-order valence-corrected chi connectivity index (χ4v) is 5.14. The van der Waals surface area contributed by atoms with E-state index in [1.165, 1.54) is 0 Å². The van der Waals surface area contributed by atoms with Gasteiger partial charge in [-0.1, -0.05) is 20.3 Å². The summed E-state index contributed by atoms with van der Waals surface area (Å²) in [6.07, 6.45) is 4.72. The number of hydrogen-bond acceptors (Lipinski definition) is 3. The summed E-state index contributed by atoms with van der Waals surface area (Å²) >= 11 is 0. The number of piperidine rings is 1. The van der Waals surface area contributed by atoms with Crippen molar-refractivity contribution in [3.63, 3.8) is 0 Å². The molecule has 2 aliphatic rings. The first-order valence-electron chi connectivity index (χ1n) is 7.86. The first-order valence-corrected chi connectivity index (χ1v) is 9.30. The van der Waals surface area contributed by atoms with Gasteiger partial charge in [0.25, 0.3) is 10.2 Å². The number of rotatable bonds is 5. The van der Waals surface area contributed by atoms with Crippen LogP contribution in [0.3, 0.4) is 0 Å². The molecule has 0 aromatic rings. The zero-order valence-corrected chi connectivity index (χ0v) is 13.4. The maximum atomic E-state index is 12.4. The van der Waals surface area contributed by atoms with Crippen LogP contribution in [-0.2, 0) is 10.2 Å². The Bertz CT molecular complexity index is 405. The van der Waals surface area contributed by atoms with Gasteiger partial charge in [0.15, 0.2) is 0 Å². The first-order chi connectivity index (χ1) is 9.47. The van der Waals surface area contributed by atoms with E-state index in [2.05, 4.69) is 18.6 Å². The lowest BCUT2D eigenvalue weighted by Crippen LogP contribution is -2.49. The predicted molar refractivity (Wildman–Crippen MR) is 79.4 cm³/mol. The minimum Gasteiger partial charge on any atom is -0.396 e. The Balaban J connectivity index is 1.92. The normalized spacial score (nSPS) is 33.6. The van der Waals surface area contributed by atoms with Gasteiger partial charge in [-0.2, -0.15) is 17.4 Å². The van der Waals surface area contributed by atoms with E-state index in [1.54, 1.807) is 4.31 Å². The molecule has 20 heavy (non-hydrogen) atoms. The van der Waals surface area contributed by atoms with E-state index in [0.29, 0.717) is 24.9 Å². The molecule has 5 nitrogen and oxygen atoms in total. The van der Waals surface area contributed by atoms with Crippen LogP contribution in [0.4, 0.5) is 0 Å². The molecule has 1 saturated heterocycles. The average molecular weight is 304 g/mol. The fourth-order valence-electron chi connectivity index (χ4n) is 3.59. The fraction of sp³-hybridized carbons (Fsp3) is 1.00. The number of nitrogens with one attached hydrogen (secondary N) is 1. The highest BCUT2D eigenvalue weighted by Gasteiger charge is 2.36. The lowest BCUT2D eigenvalue weighted by Gasteiger charge is -2.32. The summed E-state index contributed by atoms with van der Waals surface area (Å²) < 4.78 is 29.3. The second-order valence-electron chi connectivity index (χ2n) is 6.36. The van der Waals surface area contributed by atoms with E-state index < -0.39 is 10.2 Å². The van der Waals surface area contributed by atoms with Gasteiger partial charge in [-0.25, -0.2) is 0 Å². The van der Waals surface area contributed by atoms with Crippen LogP contribution in [0.15, 0.2) is 0 Å². The molecular formula is C14H28N2O3S. The molecule has 1 aliphatic carbocycles. The Morgan fingerprint density at radius 2 is 1.85 bits per heavy atom. The van der Waals surface area contributed by atoms with Crippen LogP contribution < -0.4 is 4.72 Å². The summed E-state index contributed by atoms with van der Waals surface area (Å²) in [4.78, 5) is 0. The van der Waals surface area contributed by atoms with Gasteiger partial charge in [-0.05, 0) is 43.4 Å². The van der Waals surface area contributed by atoms with Crippen LogP contribution >= 0.6 is 0 Å². The van der Waals surface area contributed by atoms with Crippen LogP contribution in [-0.4, -0.2) is 43.6 Å². The van der Waals surface area contributed by atoms with Crippen LogP contribution in [0.25, 0.3) is 0 Å². The van der Waals surface area contributed by atoms with Gasteiger partial charge in [-0.15, -0.1) is 0 Å². The Morgan fingerprint density at radius 1 is 1.20 bits per heavy atom. The van der Waals surface area contributed by atoms with E-state index >= 15 is 0 Å². The molecule has 2 rings (SSSR count). The third kappa shape index (κ3) is 3.53. The zero-order chi connectivity index (χ0) is 14.8. The summed E-state index contributed by atoms with van der Waals surface area (Å²) in [5.41, 5.74) is 0. The van der Waals surface area contributed by atoms with Crippen molar-refractivity contribution < 1.29 is 13.5 Å². The Hall–Kier alpha value is -0.170. The summed E-state index contributed by atoms with van der Waals surface area (Å²) in [7, 11) is -3.36. The second kappa shape index (κ2) is 6.73. The SMILES string of the molecule is CCC1CCC(NS(=O)(=O)N2CCC(CO)CC2)C1C. The molecule has 1 heterocycles. The molecule has 2 fully saturated rings. The van der Waals surface area contributed by atoms with Crippen molar-refractivity contribution >= 4 is 10.2 Å². The molecule has 118 valence electrons. The molecule has 3 atom stereocenters. The van der Waals surface area contributed by atoms with Crippen LogP contribution in [0.5, 0.6) is 0 Å². The van der Waals surface area contributed by atoms with E-state index in [9.17, 15) is 8.42 Å². The van der Waals surface area contributed by atoms with Crippen molar-refractivity contribution in [3.05, 3.63) is 0 Å². The van der Waals surface area contributed by atoms with Gasteiger partial charge in [0, 0.05) is 25.7 Å². The number of aliphatic hydroxyl groups is 1. The molecule has 6 heteroatoms. The highest BCUT2D eigenvalue weighted by molar-refractivity contribution is 7.87. The van der Waals surface area contributed by atoms with Gasteiger partial charge < -0.3 is 5.11 Å². The molecule has 1 aliphatic heterocycles. The van der Waals surface area contributed by atoms with Crippen molar-refractivity contribution in [3.8, 4) is 0 Å². The minimum absolute atomic E-state index is 0.0838. The topological polar surface area (TPSA) is 69.6 Å². The van der Waals surface area contributed by atoms with Crippen LogP contribution in [0, 0.1) is 17.8 Å². The second-order valence-corrected chi connectivity index (χ2v) is 8.06. The molecule has 0 radical (unpaired) electrons. The Labute approximate surface area is 122 Å². The predicted octanol–water partition coefficient (Wildman–Crippen LogP) is 1.35. The molecule has 2 N–H and O–H groups in total. The van der Waals surface area contributed by atoms with Gasteiger partial charge in [-0.3, -0.25) is 0 Å². The summed E-state index contributed by atoms with van der Waals surface area (Å²) in [6.45, 7) is 5.56. The third-order valence-corrected chi connectivity index (χ3v) is 6.87. The largest absolute Gasteiger partial charge is 0.396 e. The van der Waals surface area contributed by atoms with Gasteiger partial charge in [0.2, 0.25) is 0 Å². The van der Waals surface area contributed by atoms with Gasteiger partial charge in [0.05, 0.1) is 0 Å². The highest BCUT2D eigenvalue weighted by Crippen LogP contribution is 2.34. The minimum atomic E-state index is -3.36. The van der Waals surface area contributed by atoms with Crippen molar-refractivity contribution in [2.24, 2.45) is 17.8 Å². The molecule has 0 bridgehead atoms. The number of aliphatic hydroxyl groups excluding tert-OH is 1. The lowest BCUT2D eigenvalue weighted by atomic mass is 9.94. The first kappa shape index (κ1) is 16.2. The molecule has 0 spiro atoms. The van der Waals surface area contributed by atoms with Crippen LogP contribution in [0.2, 0.25) is 0 Å². The van der Waals surface area contributed by atoms with Gasteiger partial charge in [0.1, 0.15) is 0 Å². The smallest absolute Gasteiger partial charge is 0.279 e. The van der Waals surface area contributed by atoms with E-state index in [0.717, 1.165) is 32.1 Å². The molecular weight excluding hydrogens is 276 g/mol. The molecule has 0 aromatic heterocycles. The Kier molecular flexibility index (Phi) is 5.45. The van der Waals surface area contributed by atoms with Crippen molar-refractivity contribution in [1.29, 1.82) is 0 Å². The van der Waals surface area contributed by atoms with E-state index in [-0.39, 0.29) is 18.6 Å². The van der Waals surface area contributed by atoms with E-state index in [1.807, 2.05) is 0 Å². The summed E-state index contributed by atoms with van der Waals surface area (Å²) in [6, 6.07) is 0.0838. The number of hydrogen-bond donors (Lipinski definition) is 2. The Morgan fingerprint density at radius 3 is 2.35 bits per heavy atom. The van der Waals surface area contributed by atoms with Gasteiger partial charge >= 0.3 is 0 Å². The third-order valence-electron chi connectivity index (χ3n) is 5.22. The zero-order valence-electron chi connectivity index (χ0n) is 12.6. The maximum absolute atomic E-state index is 12.4. The molecule has 3 unspecified atom stereocenters.